The largest absolute Gasteiger partial charge is 0.437 e. The highest BCUT2D eigenvalue weighted by atomic mass is 16.3. The zero-order valence-electron chi connectivity index (χ0n) is 12.4. The van der Waals surface area contributed by atoms with Gasteiger partial charge in [0.15, 0.2) is 0 Å². The molecule has 0 atom stereocenters. The second-order valence-corrected chi connectivity index (χ2v) is 5.50. The average molecular weight is 300 g/mol. The second kappa shape index (κ2) is 4.39. The molecule has 110 valence electrons. The van der Waals surface area contributed by atoms with Gasteiger partial charge in [-0.05, 0) is 24.3 Å². The summed E-state index contributed by atoms with van der Waals surface area (Å²) in [6.45, 7) is 0. The maximum absolute atomic E-state index is 6.01. The lowest BCUT2D eigenvalue weighted by atomic mass is 10.1. The molecule has 0 unspecified atom stereocenters. The van der Waals surface area contributed by atoms with Gasteiger partial charge in [-0.15, -0.1) is 0 Å². The molecule has 4 heterocycles. The van der Waals surface area contributed by atoms with Crippen molar-refractivity contribution in [3.8, 4) is 11.4 Å². The summed E-state index contributed by atoms with van der Waals surface area (Å²) in [5.74, 6) is 0.859. The molecule has 0 saturated heterocycles. The van der Waals surface area contributed by atoms with Gasteiger partial charge in [0, 0.05) is 30.2 Å². The Morgan fingerprint density at radius 3 is 2.83 bits per heavy atom. The Morgan fingerprint density at radius 1 is 1.00 bits per heavy atom. The highest BCUT2D eigenvalue weighted by Crippen LogP contribution is 2.35. The van der Waals surface area contributed by atoms with Gasteiger partial charge in [-0.3, -0.25) is 4.98 Å². The van der Waals surface area contributed by atoms with E-state index in [4.69, 9.17) is 9.40 Å². The number of aromatic nitrogens is 4. The van der Waals surface area contributed by atoms with E-state index in [1.54, 1.807) is 12.4 Å². The Labute approximate surface area is 131 Å². The van der Waals surface area contributed by atoms with Crippen LogP contribution >= 0.6 is 0 Å². The lowest BCUT2D eigenvalue weighted by Crippen LogP contribution is -1.92. The summed E-state index contributed by atoms with van der Waals surface area (Å²) in [6.07, 6.45) is 5.32. The van der Waals surface area contributed by atoms with Gasteiger partial charge in [0.2, 0.25) is 5.71 Å². The Hall–Kier alpha value is -3.21. The van der Waals surface area contributed by atoms with Crippen LogP contribution in [-0.2, 0) is 7.05 Å². The van der Waals surface area contributed by atoms with E-state index >= 15 is 0 Å². The molecule has 0 N–H and O–H groups in total. The van der Waals surface area contributed by atoms with Crippen molar-refractivity contribution < 1.29 is 4.42 Å². The summed E-state index contributed by atoms with van der Waals surface area (Å²) in [6, 6.07) is 12.0. The third-order valence-corrected chi connectivity index (χ3v) is 4.20. The molecule has 0 saturated carbocycles. The number of hydrogen-bond acceptors (Lipinski definition) is 4. The van der Waals surface area contributed by atoms with E-state index < -0.39 is 0 Å². The Bertz CT molecular complexity index is 1190. The zero-order valence-corrected chi connectivity index (χ0v) is 12.4. The van der Waals surface area contributed by atoms with Gasteiger partial charge in [0.05, 0.1) is 22.8 Å². The minimum Gasteiger partial charge on any atom is -0.437 e. The molecule has 0 aliphatic heterocycles. The van der Waals surface area contributed by atoms with Crippen molar-refractivity contribution in [1.29, 1.82) is 0 Å². The molecule has 0 amide bonds. The molecule has 0 radical (unpaired) electrons. The number of para-hydroxylation sites is 1. The Morgan fingerprint density at radius 2 is 1.91 bits per heavy atom. The summed E-state index contributed by atoms with van der Waals surface area (Å²) in [5, 5.41) is 2.07. The van der Waals surface area contributed by atoms with E-state index in [1.165, 1.54) is 0 Å². The fraction of sp³-hybridized carbons (Fsp3) is 0.0556. The maximum atomic E-state index is 6.01. The summed E-state index contributed by atoms with van der Waals surface area (Å²) in [7, 11) is 1.99. The number of hydrogen-bond donors (Lipinski definition) is 0. The molecule has 23 heavy (non-hydrogen) atoms. The molecule has 5 heteroatoms. The number of rotatable bonds is 1. The van der Waals surface area contributed by atoms with Crippen molar-refractivity contribution in [2.75, 3.05) is 0 Å². The molecule has 5 rings (SSSR count). The number of pyridine rings is 2. The van der Waals surface area contributed by atoms with Crippen molar-refractivity contribution >= 4 is 33.1 Å². The van der Waals surface area contributed by atoms with E-state index in [9.17, 15) is 0 Å². The van der Waals surface area contributed by atoms with Crippen molar-refractivity contribution in [2.24, 2.45) is 7.05 Å². The van der Waals surface area contributed by atoms with Crippen molar-refractivity contribution in [3.05, 3.63) is 55.0 Å². The first-order valence-electron chi connectivity index (χ1n) is 7.36. The van der Waals surface area contributed by atoms with Crippen LogP contribution in [0.1, 0.15) is 0 Å². The SMILES string of the molecule is Cn1c(-c2cccc3c2oc2ncccc23)nc2ccncc21. The van der Waals surface area contributed by atoms with Crippen LogP contribution in [0, 0.1) is 0 Å². The van der Waals surface area contributed by atoms with E-state index in [2.05, 4.69) is 16.0 Å². The number of fused-ring (bicyclic) bond motifs is 4. The summed E-state index contributed by atoms with van der Waals surface area (Å²) in [4.78, 5) is 13.2. The quantitative estimate of drug-likeness (QED) is 0.470. The molecule has 0 bridgehead atoms. The molecule has 0 aliphatic carbocycles. The minimum atomic E-state index is 0.649. The molecule has 0 fully saturated rings. The molecular formula is C18H12N4O. The summed E-state index contributed by atoms with van der Waals surface area (Å²) in [5.41, 5.74) is 4.33. The first kappa shape index (κ1) is 12.3. The predicted molar refractivity (Wildman–Crippen MR) is 89.0 cm³/mol. The van der Waals surface area contributed by atoms with E-state index in [-0.39, 0.29) is 0 Å². The van der Waals surface area contributed by atoms with Gasteiger partial charge in [-0.2, -0.15) is 0 Å². The van der Waals surface area contributed by atoms with E-state index in [1.807, 2.05) is 48.1 Å². The third-order valence-electron chi connectivity index (χ3n) is 4.20. The van der Waals surface area contributed by atoms with Gasteiger partial charge in [-0.25, -0.2) is 9.97 Å². The van der Waals surface area contributed by atoms with Gasteiger partial charge >= 0.3 is 0 Å². The van der Waals surface area contributed by atoms with Crippen LogP contribution in [0.25, 0.3) is 44.5 Å². The molecule has 5 aromatic rings. The van der Waals surface area contributed by atoms with Gasteiger partial charge < -0.3 is 8.98 Å². The highest BCUT2D eigenvalue weighted by Gasteiger charge is 2.16. The number of furan rings is 1. The molecule has 0 aliphatic rings. The monoisotopic (exact) mass is 300 g/mol. The number of nitrogens with zero attached hydrogens (tertiary/aromatic N) is 4. The number of benzene rings is 1. The molecule has 5 nitrogen and oxygen atoms in total. The summed E-state index contributed by atoms with van der Waals surface area (Å²) < 4.78 is 8.05. The van der Waals surface area contributed by atoms with Crippen LogP contribution in [0.3, 0.4) is 0 Å². The van der Waals surface area contributed by atoms with E-state index in [0.29, 0.717) is 5.71 Å². The van der Waals surface area contributed by atoms with Crippen LogP contribution in [0.15, 0.2) is 59.4 Å². The second-order valence-electron chi connectivity index (χ2n) is 5.50. The average Bonchev–Trinajstić information content (AvgIpc) is 3.13. The lowest BCUT2D eigenvalue weighted by molar-refractivity contribution is 0.654. The fourth-order valence-corrected chi connectivity index (χ4v) is 3.08. The Kier molecular flexibility index (Phi) is 2.36. The van der Waals surface area contributed by atoms with Crippen molar-refractivity contribution in [3.63, 3.8) is 0 Å². The molecule has 1 aromatic carbocycles. The summed E-state index contributed by atoms with van der Waals surface area (Å²) >= 11 is 0. The standard InChI is InChI=1S/C18H12N4O/c1-22-15-10-19-9-7-14(15)21-17(22)13-5-2-4-11-12-6-3-8-20-18(12)23-16(11)13/h2-10H,1H3. The number of aryl methyl sites for hydroxylation is 1. The fourth-order valence-electron chi connectivity index (χ4n) is 3.08. The van der Waals surface area contributed by atoms with Gasteiger partial charge in [0.25, 0.3) is 0 Å². The predicted octanol–water partition coefficient (Wildman–Crippen LogP) is 3.93. The normalized spacial score (nSPS) is 11.7. The maximum Gasteiger partial charge on any atom is 0.227 e. The van der Waals surface area contributed by atoms with Gasteiger partial charge in [0.1, 0.15) is 11.4 Å². The van der Waals surface area contributed by atoms with Gasteiger partial charge in [-0.1, -0.05) is 12.1 Å². The van der Waals surface area contributed by atoms with Crippen LogP contribution in [0.5, 0.6) is 0 Å². The smallest absolute Gasteiger partial charge is 0.227 e. The first-order valence-corrected chi connectivity index (χ1v) is 7.36. The van der Waals surface area contributed by atoms with Crippen LogP contribution in [-0.4, -0.2) is 19.5 Å². The zero-order chi connectivity index (χ0) is 15.4. The number of imidazole rings is 1. The van der Waals surface area contributed by atoms with Crippen molar-refractivity contribution in [1.82, 2.24) is 19.5 Å². The Balaban J connectivity index is 1.90. The van der Waals surface area contributed by atoms with E-state index in [0.717, 1.165) is 38.8 Å². The topological polar surface area (TPSA) is 56.7 Å². The van der Waals surface area contributed by atoms with Crippen LogP contribution < -0.4 is 0 Å². The molecular weight excluding hydrogens is 288 g/mol. The molecule has 0 spiro atoms. The van der Waals surface area contributed by atoms with Crippen molar-refractivity contribution in [2.45, 2.75) is 0 Å². The lowest BCUT2D eigenvalue weighted by Gasteiger charge is -2.03. The first-order chi connectivity index (χ1) is 11.3. The van der Waals surface area contributed by atoms with Crippen LogP contribution in [0.2, 0.25) is 0 Å². The molecule has 4 aromatic heterocycles. The minimum absolute atomic E-state index is 0.649. The highest BCUT2D eigenvalue weighted by molar-refractivity contribution is 6.08. The van der Waals surface area contributed by atoms with Crippen LogP contribution in [0.4, 0.5) is 0 Å². The third kappa shape index (κ3) is 1.64.